The van der Waals surface area contributed by atoms with Crippen LogP contribution in [0.25, 0.3) is 0 Å². The van der Waals surface area contributed by atoms with Gasteiger partial charge in [0.2, 0.25) is 11.8 Å². The van der Waals surface area contributed by atoms with Gasteiger partial charge in [-0.25, -0.2) is 0 Å². The molecule has 0 saturated carbocycles. The van der Waals surface area contributed by atoms with Crippen molar-refractivity contribution in [3.05, 3.63) is 66.2 Å². The lowest BCUT2D eigenvalue weighted by atomic mass is 10.2. The Morgan fingerprint density at radius 1 is 0.696 bits per heavy atom. The molecule has 0 saturated heterocycles. The van der Waals surface area contributed by atoms with E-state index in [9.17, 15) is 14.4 Å². The molecule has 118 valence electrons. The van der Waals surface area contributed by atoms with E-state index in [-0.39, 0.29) is 24.9 Å². The van der Waals surface area contributed by atoms with Gasteiger partial charge in [0.1, 0.15) is 0 Å². The molecule has 23 heavy (non-hydrogen) atoms. The number of hydrogen-bond acceptors (Lipinski definition) is 3. The summed E-state index contributed by atoms with van der Waals surface area (Å²) < 4.78 is 0. The van der Waals surface area contributed by atoms with Crippen molar-refractivity contribution in [2.75, 3.05) is 18.4 Å². The summed E-state index contributed by atoms with van der Waals surface area (Å²) in [5.74, 6) is -1.11. The molecule has 0 bridgehead atoms. The number of para-hydroxylation sites is 1. The lowest BCUT2D eigenvalue weighted by Crippen LogP contribution is -2.40. The number of rotatable bonds is 6. The predicted molar refractivity (Wildman–Crippen MR) is 86.9 cm³/mol. The van der Waals surface area contributed by atoms with Gasteiger partial charge < -0.3 is 16.0 Å². The molecule has 0 aliphatic heterocycles. The molecule has 0 unspecified atom stereocenters. The van der Waals surface area contributed by atoms with Crippen molar-refractivity contribution in [1.82, 2.24) is 10.6 Å². The van der Waals surface area contributed by atoms with Gasteiger partial charge >= 0.3 is 0 Å². The van der Waals surface area contributed by atoms with Crippen LogP contribution in [-0.2, 0) is 9.59 Å². The van der Waals surface area contributed by atoms with Crippen LogP contribution in [-0.4, -0.2) is 30.8 Å². The second kappa shape index (κ2) is 8.33. The van der Waals surface area contributed by atoms with Gasteiger partial charge in [-0.2, -0.15) is 0 Å². The molecule has 0 atom stereocenters. The summed E-state index contributed by atoms with van der Waals surface area (Å²) >= 11 is 0. The maximum atomic E-state index is 11.8. The Labute approximate surface area is 133 Å². The number of carbonyl (C=O) groups excluding carboxylic acids is 3. The highest BCUT2D eigenvalue weighted by molar-refractivity contribution is 5.97. The van der Waals surface area contributed by atoms with Crippen molar-refractivity contribution >= 4 is 23.4 Å². The second-order valence-corrected chi connectivity index (χ2v) is 4.74. The van der Waals surface area contributed by atoms with E-state index >= 15 is 0 Å². The smallest absolute Gasteiger partial charge is 0.251 e. The molecule has 0 radical (unpaired) electrons. The molecule has 2 aromatic rings. The summed E-state index contributed by atoms with van der Waals surface area (Å²) in [6.07, 6.45) is 0. The lowest BCUT2D eigenvalue weighted by molar-refractivity contribution is -0.123. The topological polar surface area (TPSA) is 87.3 Å². The van der Waals surface area contributed by atoms with Crippen LogP contribution in [0.2, 0.25) is 0 Å². The molecule has 0 aromatic heterocycles. The van der Waals surface area contributed by atoms with Crippen molar-refractivity contribution in [1.29, 1.82) is 0 Å². The van der Waals surface area contributed by atoms with Crippen molar-refractivity contribution in [2.24, 2.45) is 0 Å². The van der Waals surface area contributed by atoms with Gasteiger partial charge in [0.25, 0.3) is 5.91 Å². The van der Waals surface area contributed by atoms with Crippen LogP contribution >= 0.6 is 0 Å². The Kier molecular flexibility index (Phi) is 5.88. The Morgan fingerprint density at radius 3 is 1.91 bits per heavy atom. The fourth-order valence-electron chi connectivity index (χ4n) is 1.82. The summed E-state index contributed by atoms with van der Waals surface area (Å²) in [6, 6.07) is 17.5. The van der Waals surface area contributed by atoms with E-state index in [0.717, 1.165) is 0 Å². The number of amides is 3. The van der Waals surface area contributed by atoms with Crippen molar-refractivity contribution in [2.45, 2.75) is 0 Å². The zero-order valence-electron chi connectivity index (χ0n) is 12.4. The van der Waals surface area contributed by atoms with Gasteiger partial charge in [0, 0.05) is 11.3 Å². The van der Waals surface area contributed by atoms with Crippen LogP contribution in [0.3, 0.4) is 0 Å². The SMILES string of the molecule is O=C(CNC(=O)c1ccccc1)NCC(=O)Nc1ccccc1. The molecule has 2 aromatic carbocycles. The maximum Gasteiger partial charge on any atom is 0.251 e. The van der Waals surface area contributed by atoms with Crippen LogP contribution in [0, 0.1) is 0 Å². The van der Waals surface area contributed by atoms with E-state index in [0.29, 0.717) is 11.3 Å². The molecular formula is C17H17N3O3. The summed E-state index contributed by atoms with van der Waals surface area (Å²) in [5.41, 5.74) is 1.13. The van der Waals surface area contributed by atoms with E-state index < -0.39 is 5.91 Å². The fraction of sp³-hybridized carbons (Fsp3) is 0.118. The molecule has 3 N–H and O–H groups in total. The Hall–Kier alpha value is -3.15. The third-order valence-electron chi connectivity index (χ3n) is 2.95. The molecular weight excluding hydrogens is 294 g/mol. The third kappa shape index (κ3) is 5.62. The van der Waals surface area contributed by atoms with E-state index in [1.54, 1.807) is 54.6 Å². The summed E-state index contributed by atoms with van der Waals surface area (Å²) in [5, 5.41) is 7.58. The highest BCUT2D eigenvalue weighted by atomic mass is 16.2. The number of benzene rings is 2. The Balaban J connectivity index is 1.69. The largest absolute Gasteiger partial charge is 0.345 e. The molecule has 0 fully saturated rings. The highest BCUT2D eigenvalue weighted by Crippen LogP contribution is 2.03. The minimum atomic E-state index is -0.433. The Bertz CT molecular complexity index is 672. The minimum Gasteiger partial charge on any atom is -0.345 e. The van der Waals surface area contributed by atoms with Crippen LogP contribution in [0.1, 0.15) is 10.4 Å². The van der Waals surface area contributed by atoms with Gasteiger partial charge in [0.05, 0.1) is 13.1 Å². The number of hydrogen-bond donors (Lipinski definition) is 3. The summed E-state index contributed by atoms with van der Waals surface area (Å²) in [4.78, 5) is 35.1. The molecule has 0 aliphatic carbocycles. The monoisotopic (exact) mass is 311 g/mol. The number of nitrogens with one attached hydrogen (secondary N) is 3. The normalized spacial score (nSPS) is 9.74. The highest BCUT2D eigenvalue weighted by Gasteiger charge is 2.09. The molecule has 6 heteroatoms. The lowest BCUT2D eigenvalue weighted by Gasteiger charge is -2.08. The number of anilines is 1. The average Bonchev–Trinajstić information content (AvgIpc) is 2.59. The Morgan fingerprint density at radius 2 is 1.26 bits per heavy atom. The molecule has 0 heterocycles. The van der Waals surface area contributed by atoms with Gasteiger partial charge in [0.15, 0.2) is 0 Å². The minimum absolute atomic E-state index is 0.158. The fourth-order valence-corrected chi connectivity index (χ4v) is 1.82. The first-order valence-electron chi connectivity index (χ1n) is 7.10. The van der Waals surface area contributed by atoms with E-state index in [4.69, 9.17) is 0 Å². The van der Waals surface area contributed by atoms with Crippen LogP contribution in [0.15, 0.2) is 60.7 Å². The van der Waals surface area contributed by atoms with Gasteiger partial charge in [-0.3, -0.25) is 14.4 Å². The van der Waals surface area contributed by atoms with Gasteiger partial charge in [-0.05, 0) is 24.3 Å². The van der Waals surface area contributed by atoms with E-state index in [1.165, 1.54) is 0 Å². The standard InChI is InChI=1S/C17H17N3O3/c21-15(11-19-17(23)13-7-3-1-4-8-13)18-12-16(22)20-14-9-5-2-6-10-14/h1-10H,11-12H2,(H,18,21)(H,19,23)(H,20,22). The first kappa shape index (κ1) is 16.2. The van der Waals surface area contributed by atoms with Crippen molar-refractivity contribution in [3.63, 3.8) is 0 Å². The molecule has 0 aliphatic rings. The van der Waals surface area contributed by atoms with Gasteiger partial charge in [-0.1, -0.05) is 36.4 Å². The van der Waals surface area contributed by atoms with Gasteiger partial charge in [-0.15, -0.1) is 0 Å². The predicted octanol–water partition coefficient (Wildman–Crippen LogP) is 1.17. The molecule has 6 nitrogen and oxygen atoms in total. The maximum absolute atomic E-state index is 11.8. The summed E-state index contributed by atoms with van der Waals surface area (Å²) in [7, 11) is 0. The average molecular weight is 311 g/mol. The molecule has 3 amide bonds. The third-order valence-corrected chi connectivity index (χ3v) is 2.95. The van der Waals surface area contributed by atoms with Crippen molar-refractivity contribution < 1.29 is 14.4 Å². The zero-order chi connectivity index (χ0) is 16.5. The van der Waals surface area contributed by atoms with Crippen LogP contribution in [0.4, 0.5) is 5.69 Å². The van der Waals surface area contributed by atoms with Crippen molar-refractivity contribution in [3.8, 4) is 0 Å². The molecule has 2 rings (SSSR count). The van der Waals surface area contributed by atoms with Crippen LogP contribution < -0.4 is 16.0 Å². The quantitative estimate of drug-likeness (QED) is 0.748. The van der Waals surface area contributed by atoms with E-state index in [1.807, 2.05) is 6.07 Å². The second-order valence-electron chi connectivity index (χ2n) is 4.74. The van der Waals surface area contributed by atoms with E-state index in [2.05, 4.69) is 16.0 Å². The first-order chi connectivity index (χ1) is 11.1. The first-order valence-corrected chi connectivity index (χ1v) is 7.10. The molecule has 0 spiro atoms. The number of carbonyl (C=O) groups is 3. The van der Waals surface area contributed by atoms with Crippen LogP contribution in [0.5, 0.6) is 0 Å². The zero-order valence-corrected chi connectivity index (χ0v) is 12.4. The summed E-state index contributed by atoms with van der Waals surface area (Å²) in [6.45, 7) is -0.346.